The van der Waals surface area contributed by atoms with Crippen LogP contribution in [0.2, 0.25) is 0 Å². The lowest BCUT2D eigenvalue weighted by Crippen LogP contribution is -2.25. The van der Waals surface area contributed by atoms with Crippen molar-refractivity contribution in [3.8, 4) is 10.8 Å². The lowest BCUT2D eigenvalue weighted by atomic mass is 10.2. The second kappa shape index (κ2) is 8.79. The zero-order chi connectivity index (χ0) is 20.9. The summed E-state index contributed by atoms with van der Waals surface area (Å²) in [7, 11) is 0. The number of amides is 2. The maximum atomic E-state index is 12.3. The van der Waals surface area contributed by atoms with Gasteiger partial charge in [-0.3, -0.25) is 9.59 Å². The average molecular weight is 421 g/mol. The smallest absolute Gasteiger partial charge is 0.291 e. The standard InChI is InChI=1S/C22H19N3O4S/c1-14-17(25-22(29-14)19-5-3-11-30-19)12-20(26)23-13-15-6-8-16(9-7-15)24-21(27)18-4-2-10-28-18/h2-11H,12-13H2,1H3,(H,23,26)(H,24,27). The highest BCUT2D eigenvalue weighted by Crippen LogP contribution is 2.26. The first-order valence-electron chi connectivity index (χ1n) is 9.29. The van der Waals surface area contributed by atoms with Crippen molar-refractivity contribution in [2.45, 2.75) is 19.9 Å². The number of hydrogen-bond acceptors (Lipinski definition) is 6. The molecule has 7 nitrogen and oxygen atoms in total. The van der Waals surface area contributed by atoms with Crippen molar-refractivity contribution in [1.29, 1.82) is 0 Å². The Labute approximate surface area is 176 Å². The number of carbonyl (C=O) groups is 2. The Morgan fingerprint density at radius 3 is 2.63 bits per heavy atom. The van der Waals surface area contributed by atoms with Gasteiger partial charge in [-0.15, -0.1) is 11.3 Å². The predicted octanol–water partition coefficient (Wildman–Crippen LogP) is 4.42. The van der Waals surface area contributed by atoms with Crippen LogP contribution in [-0.4, -0.2) is 16.8 Å². The zero-order valence-corrected chi connectivity index (χ0v) is 17.0. The van der Waals surface area contributed by atoms with Gasteiger partial charge in [0.2, 0.25) is 11.8 Å². The number of rotatable bonds is 7. The van der Waals surface area contributed by atoms with E-state index in [1.54, 1.807) is 35.6 Å². The van der Waals surface area contributed by atoms with Crippen LogP contribution in [-0.2, 0) is 17.8 Å². The van der Waals surface area contributed by atoms with Gasteiger partial charge in [0, 0.05) is 12.2 Å². The Hall–Kier alpha value is -3.65. The number of aromatic nitrogens is 1. The van der Waals surface area contributed by atoms with Crippen molar-refractivity contribution < 1.29 is 18.4 Å². The Morgan fingerprint density at radius 2 is 1.93 bits per heavy atom. The van der Waals surface area contributed by atoms with E-state index in [9.17, 15) is 9.59 Å². The van der Waals surface area contributed by atoms with E-state index in [1.165, 1.54) is 6.26 Å². The van der Waals surface area contributed by atoms with Crippen molar-refractivity contribution in [3.05, 3.63) is 83.0 Å². The zero-order valence-electron chi connectivity index (χ0n) is 16.2. The number of aryl methyl sites for hydroxylation is 1. The second-order valence-electron chi connectivity index (χ2n) is 6.58. The third-order valence-electron chi connectivity index (χ3n) is 4.40. The molecule has 3 heterocycles. The Morgan fingerprint density at radius 1 is 1.10 bits per heavy atom. The van der Waals surface area contributed by atoms with Gasteiger partial charge in [-0.2, -0.15) is 0 Å². The lowest BCUT2D eigenvalue weighted by molar-refractivity contribution is -0.120. The van der Waals surface area contributed by atoms with Gasteiger partial charge in [0.25, 0.3) is 5.91 Å². The summed E-state index contributed by atoms with van der Waals surface area (Å²) >= 11 is 1.54. The summed E-state index contributed by atoms with van der Waals surface area (Å²) in [5, 5.41) is 7.59. The summed E-state index contributed by atoms with van der Waals surface area (Å²) < 4.78 is 10.7. The van der Waals surface area contributed by atoms with E-state index in [2.05, 4.69) is 15.6 Å². The molecule has 0 spiro atoms. The van der Waals surface area contributed by atoms with Crippen LogP contribution < -0.4 is 10.6 Å². The van der Waals surface area contributed by atoms with Gasteiger partial charge >= 0.3 is 0 Å². The fourth-order valence-corrected chi connectivity index (χ4v) is 3.47. The maximum absolute atomic E-state index is 12.3. The molecule has 1 aromatic carbocycles. The molecule has 2 amide bonds. The summed E-state index contributed by atoms with van der Waals surface area (Å²) in [6.07, 6.45) is 1.60. The molecule has 0 fully saturated rings. The van der Waals surface area contributed by atoms with Crippen LogP contribution in [0.1, 0.15) is 27.6 Å². The predicted molar refractivity (Wildman–Crippen MR) is 113 cm³/mol. The van der Waals surface area contributed by atoms with Gasteiger partial charge in [-0.25, -0.2) is 4.98 Å². The monoisotopic (exact) mass is 421 g/mol. The van der Waals surface area contributed by atoms with Gasteiger partial charge in [0.05, 0.1) is 23.3 Å². The highest BCUT2D eigenvalue weighted by molar-refractivity contribution is 7.13. The first kappa shape index (κ1) is 19.7. The lowest BCUT2D eigenvalue weighted by Gasteiger charge is -2.07. The molecule has 4 aromatic rings. The third-order valence-corrected chi connectivity index (χ3v) is 5.26. The topological polar surface area (TPSA) is 97.4 Å². The van der Waals surface area contributed by atoms with E-state index >= 15 is 0 Å². The van der Waals surface area contributed by atoms with E-state index in [-0.39, 0.29) is 24.0 Å². The minimum Gasteiger partial charge on any atom is -0.459 e. The number of thiophene rings is 1. The summed E-state index contributed by atoms with van der Waals surface area (Å²) in [6.45, 7) is 2.18. The van der Waals surface area contributed by atoms with Crippen LogP contribution in [0.4, 0.5) is 5.69 Å². The van der Waals surface area contributed by atoms with Crippen LogP contribution in [0.25, 0.3) is 10.8 Å². The normalized spacial score (nSPS) is 10.7. The van der Waals surface area contributed by atoms with E-state index in [0.717, 1.165) is 10.4 Å². The van der Waals surface area contributed by atoms with E-state index in [0.29, 0.717) is 29.6 Å². The summed E-state index contributed by atoms with van der Waals surface area (Å²) in [6, 6.07) is 14.3. The van der Waals surface area contributed by atoms with E-state index < -0.39 is 0 Å². The average Bonchev–Trinajstić information content (AvgIpc) is 3.50. The first-order valence-corrected chi connectivity index (χ1v) is 10.2. The number of nitrogens with zero attached hydrogens (tertiary/aromatic N) is 1. The van der Waals surface area contributed by atoms with Gasteiger partial charge < -0.3 is 19.5 Å². The van der Waals surface area contributed by atoms with E-state index in [1.807, 2.05) is 36.6 Å². The fraction of sp³-hybridized carbons (Fsp3) is 0.136. The molecule has 0 atom stereocenters. The van der Waals surface area contributed by atoms with Crippen LogP contribution >= 0.6 is 11.3 Å². The molecule has 0 saturated carbocycles. The van der Waals surface area contributed by atoms with Crippen molar-refractivity contribution in [3.63, 3.8) is 0 Å². The molecule has 4 rings (SSSR count). The van der Waals surface area contributed by atoms with Crippen molar-refractivity contribution in [1.82, 2.24) is 10.3 Å². The molecule has 0 aliphatic rings. The van der Waals surface area contributed by atoms with Crippen molar-refractivity contribution in [2.75, 3.05) is 5.32 Å². The molecule has 3 aromatic heterocycles. The number of nitrogens with one attached hydrogen (secondary N) is 2. The first-order chi connectivity index (χ1) is 14.6. The highest BCUT2D eigenvalue weighted by atomic mass is 32.1. The summed E-state index contributed by atoms with van der Waals surface area (Å²) in [5.74, 6) is 0.977. The van der Waals surface area contributed by atoms with Crippen LogP contribution in [0.3, 0.4) is 0 Å². The molecule has 0 aliphatic carbocycles. The Balaban J connectivity index is 1.29. The number of benzene rings is 1. The van der Waals surface area contributed by atoms with Crippen LogP contribution in [0, 0.1) is 6.92 Å². The summed E-state index contributed by atoms with van der Waals surface area (Å²) in [4.78, 5) is 29.7. The number of hydrogen-bond donors (Lipinski definition) is 2. The quantitative estimate of drug-likeness (QED) is 0.460. The molecule has 0 aliphatic heterocycles. The Kier molecular flexibility index (Phi) is 5.76. The second-order valence-corrected chi connectivity index (χ2v) is 7.53. The third kappa shape index (κ3) is 4.66. The van der Waals surface area contributed by atoms with Crippen molar-refractivity contribution in [2.24, 2.45) is 0 Å². The maximum Gasteiger partial charge on any atom is 0.291 e. The number of anilines is 1. The van der Waals surface area contributed by atoms with Gasteiger partial charge in [0.1, 0.15) is 5.76 Å². The van der Waals surface area contributed by atoms with Gasteiger partial charge in [0.15, 0.2) is 5.76 Å². The largest absolute Gasteiger partial charge is 0.459 e. The molecular weight excluding hydrogens is 402 g/mol. The molecule has 0 radical (unpaired) electrons. The van der Waals surface area contributed by atoms with Gasteiger partial charge in [-0.1, -0.05) is 18.2 Å². The molecule has 0 bridgehead atoms. The SMILES string of the molecule is Cc1oc(-c2cccs2)nc1CC(=O)NCc1ccc(NC(=O)c2ccco2)cc1. The molecule has 0 saturated heterocycles. The number of carbonyl (C=O) groups excluding carboxylic acids is 2. The minimum atomic E-state index is -0.314. The van der Waals surface area contributed by atoms with E-state index in [4.69, 9.17) is 8.83 Å². The molecule has 8 heteroatoms. The molecule has 2 N–H and O–H groups in total. The molecular formula is C22H19N3O4S. The number of oxazole rings is 1. The van der Waals surface area contributed by atoms with Crippen LogP contribution in [0.5, 0.6) is 0 Å². The minimum absolute atomic E-state index is 0.140. The highest BCUT2D eigenvalue weighted by Gasteiger charge is 2.15. The molecule has 152 valence electrons. The number of furan rings is 1. The molecule has 30 heavy (non-hydrogen) atoms. The van der Waals surface area contributed by atoms with Crippen LogP contribution in [0.15, 0.2) is 69.0 Å². The molecule has 0 unspecified atom stereocenters. The Bertz CT molecular complexity index is 1130. The fourth-order valence-electron chi connectivity index (χ4n) is 2.82. The van der Waals surface area contributed by atoms with Crippen molar-refractivity contribution >= 4 is 28.8 Å². The summed E-state index contributed by atoms with van der Waals surface area (Å²) in [5.41, 5.74) is 2.19. The van der Waals surface area contributed by atoms with Gasteiger partial charge in [-0.05, 0) is 48.2 Å².